The van der Waals surface area contributed by atoms with Crippen LogP contribution < -0.4 is 0 Å². The molecular formula is C13H18BrN3. The normalized spacial score (nSPS) is 29.2. The summed E-state index contributed by atoms with van der Waals surface area (Å²) in [6.07, 6.45) is 2.65. The second kappa shape index (κ2) is 5.04. The van der Waals surface area contributed by atoms with Crippen LogP contribution >= 0.6 is 15.9 Å². The Hall–Kier alpha value is -0.450. The van der Waals surface area contributed by atoms with Gasteiger partial charge in [0.2, 0.25) is 0 Å². The molecule has 0 spiro atoms. The van der Waals surface area contributed by atoms with Gasteiger partial charge in [0.05, 0.1) is 5.69 Å². The third-order valence-electron chi connectivity index (χ3n) is 3.91. The third-order valence-corrected chi connectivity index (χ3v) is 4.36. The molecule has 0 radical (unpaired) electrons. The molecule has 3 fully saturated rings. The van der Waals surface area contributed by atoms with Crippen molar-refractivity contribution in [3.63, 3.8) is 0 Å². The molecule has 92 valence electrons. The Morgan fingerprint density at radius 2 is 2.00 bits per heavy atom. The highest BCUT2D eigenvalue weighted by molar-refractivity contribution is 9.10. The van der Waals surface area contributed by atoms with Gasteiger partial charge in [-0.25, -0.2) is 4.98 Å². The molecule has 0 aliphatic carbocycles. The maximum Gasteiger partial charge on any atom is 0.106 e. The van der Waals surface area contributed by atoms with E-state index in [0.29, 0.717) is 0 Å². The summed E-state index contributed by atoms with van der Waals surface area (Å²) in [5.74, 6) is 0. The van der Waals surface area contributed by atoms with Gasteiger partial charge in [-0.05, 0) is 54.0 Å². The van der Waals surface area contributed by atoms with Crippen molar-refractivity contribution in [3.05, 3.63) is 28.5 Å². The Bertz CT molecular complexity index is 388. The standard InChI is InChI=1S/C13H18BrN3/c14-13-3-1-2-11(15-13)10-17-9-8-16-6-4-12(17)5-7-16/h1-3,12H,4-10H2. The minimum absolute atomic E-state index is 0.773. The number of pyridine rings is 1. The summed E-state index contributed by atoms with van der Waals surface area (Å²) < 4.78 is 0.942. The zero-order valence-corrected chi connectivity index (χ0v) is 11.6. The number of halogens is 1. The van der Waals surface area contributed by atoms with Crippen LogP contribution in [-0.2, 0) is 6.54 Å². The summed E-state index contributed by atoms with van der Waals surface area (Å²) in [6, 6.07) is 6.96. The van der Waals surface area contributed by atoms with E-state index in [4.69, 9.17) is 0 Å². The molecule has 17 heavy (non-hydrogen) atoms. The number of hydrogen-bond donors (Lipinski definition) is 0. The molecule has 2 bridgehead atoms. The lowest BCUT2D eigenvalue weighted by Gasteiger charge is -2.31. The van der Waals surface area contributed by atoms with Crippen molar-refractivity contribution in [3.8, 4) is 0 Å². The predicted molar refractivity (Wildman–Crippen MR) is 71.8 cm³/mol. The van der Waals surface area contributed by atoms with Crippen molar-refractivity contribution in [1.82, 2.24) is 14.8 Å². The highest BCUT2D eigenvalue weighted by Gasteiger charge is 2.28. The minimum Gasteiger partial charge on any atom is -0.302 e. The topological polar surface area (TPSA) is 19.4 Å². The fourth-order valence-electron chi connectivity index (χ4n) is 2.92. The minimum atomic E-state index is 0.773. The van der Waals surface area contributed by atoms with E-state index in [-0.39, 0.29) is 0 Å². The van der Waals surface area contributed by atoms with E-state index in [2.05, 4.69) is 42.8 Å². The summed E-state index contributed by atoms with van der Waals surface area (Å²) in [7, 11) is 0. The van der Waals surface area contributed by atoms with E-state index in [1.165, 1.54) is 44.7 Å². The van der Waals surface area contributed by atoms with Gasteiger partial charge >= 0.3 is 0 Å². The first-order chi connectivity index (χ1) is 8.31. The SMILES string of the molecule is Brc1cccc(CN2CCN3CCC2CC3)n1. The van der Waals surface area contributed by atoms with Gasteiger partial charge in [0.25, 0.3) is 0 Å². The van der Waals surface area contributed by atoms with Crippen LogP contribution in [0.25, 0.3) is 0 Å². The van der Waals surface area contributed by atoms with Crippen molar-refractivity contribution in [2.24, 2.45) is 0 Å². The average molecular weight is 296 g/mol. The first-order valence-electron chi connectivity index (χ1n) is 6.39. The van der Waals surface area contributed by atoms with Crippen LogP contribution in [0.5, 0.6) is 0 Å². The first-order valence-corrected chi connectivity index (χ1v) is 7.18. The lowest BCUT2D eigenvalue weighted by Crippen LogP contribution is -2.37. The number of aromatic nitrogens is 1. The molecule has 0 unspecified atom stereocenters. The van der Waals surface area contributed by atoms with Gasteiger partial charge in [-0.2, -0.15) is 0 Å². The number of piperidine rings is 1. The highest BCUT2D eigenvalue weighted by atomic mass is 79.9. The lowest BCUT2D eigenvalue weighted by atomic mass is 10.1. The molecule has 0 N–H and O–H groups in total. The molecule has 3 aliphatic rings. The van der Waals surface area contributed by atoms with Crippen LogP contribution in [0, 0.1) is 0 Å². The van der Waals surface area contributed by atoms with Gasteiger partial charge < -0.3 is 4.90 Å². The summed E-state index contributed by atoms with van der Waals surface area (Å²) in [4.78, 5) is 9.74. The molecule has 3 nitrogen and oxygen atoms in total. The van der Waals surface area contributed by atoms with Crippen LogP contribution in [0.2, 0.25) is 0 Å². The van der Waals surface area contributed by atoms with Gasteiger partial charge in [0, 0.05) is 25.7 Å². The van der Waals surface area contributed by atoms with Crippen LogP contribution in [0.4, 0.5) is 0 Å². The van der Waals surface area contributed by atoms with Crippen LogP contribution in [0.3, 0.4) is 0 Å². The Morgan fingerprint density at radius 3 is 2.76 bits per heavy atom. The molecule has 0 atom stereocenters. The monoisotopic (exact) mass is 295 g/mol. The Morgan fingerprint density at radius 1 is 1.18 bits per heavy atom. The largest absolute Gasteiger partial charge is 0.302 e. The summed E-state index contributed by atoms with van der Waals surface area (Å²) in [6.45, 7) is 5.99. The second-order valence-corrected chi connectivity index (χ2v) is 5.81. The molecule has 3 aliphatic heterocycles. The number of hydrogen-bond acceptors (Lipinski definition) is 3. The molecule has 4 heteroatoms. The molecule has 0 amide bonds. The molecule has 4 rings (SSSR count). The van der Waals surface area contributed by atoms with Crippen molar-refractivity contribution in [2.75, 3.05) is 26.2 Å². The van der Waals surface area contributed by atoms with Crippen molar-refractivity contribution < 1.29 is 0 Å². The molecule has 0 saturated carbocycles. The first kappa shape index (κ1) is 11.6. The van der Waals surface area contributed by atoms with E-state index in [0.717, 1.165) is 17.2 Å². The predicted octanol–water partition coefficient (Wildman–Crippen LogP) is 2.12. The average Bonchev–Trinajstić information content (AvgIpc) is 2.63. The Kier molecular flexibility index (Phi) is 3.45. The molecule has 1 aromatic rings. The van der Waals surface area contributed by atoms with Crippen molar-refractivity contribution in [2.45, 2.75) is 25.4 Å². The molecule has 1 aromatic heterocycles. The van der Waals surface area contributed by atoms with Gasteiger partial charge in [-0.1, -0.05) is 6.07 Å². The molecule has 3 saturated heterocycles. The smallest absolute Gasteiger partial charge is 0.106 e. The highest BCUT2D eigenvalue weighted by Crippen LogP contribution is 2.22. The van der Waals surface area contributed by atoms with Gasteiger partial charge in [0.15, 0.2) is 0 Å². The summed E-state index contributed by atoms with van der Waals surface area (Å²) in [5, 5.41) is 0. The zero-order valence-electron chi connectivity index (χ0n) is 9.98. The Labute approximate surface area is 111 Å². The number of nitrogens with zero attached hydrogens (tertiary/aromatic N) is 3. The summed E-state index contributed by atoms with van der Waals surface area (Å²) >= 11 is 3.44. The van der Waals surface area contributed by atoms with E-state index in [1.54, 1.807) is 0 Å². The number of fused-ring (bicyclic) bond motifs is 4. The summed E-state index contributed by atoms with van der Waals surface area (Å²) in [5.41, 5.74) is 1.18. The fourth-order valence-corrected chi connectivity index (χ4v) is 3.30. The van der Waals surface area contributed by atoms with E-state index in [9.17, 15) is 0 Å². The maximum absolute atomic E-state index is 4.54. The van der Waals surface area contributed by atoms with Gasteiger partial charge in [0.1, 0.15) is 4.60 Å². The van der Waals surface area contributed by atoms with Gasteiger partial charge in [-0.15, -0.1) is 0 Å². The number of rotatable bonds is 2. The fraction of sp³-hybridized carbons (Fsp3) is 0.615. The Balaban J connectivity index is 1.72. The molecule has 4 heterocycles. The van der Waals surface area contributed by atoms with Crippen molar-refractivity contribution in [1.29, 1.82) is 0 Å². The third kappa shape index (κ3) is 2.69. The van der Waals surface area contributed by atoms with E-state index < -0.39 is 0 Å². The van der Waals surface area contributed by atoms with E-state index >= 15 is 0 Å². The maximum atomic E-state index is 4.54. The zero-order chi connectivity index (χ0) is 11.7. The second-order valence-electron chi connectivity index (χ2n) is 4.99. The van der Waals surface area contributed by atoms with Gasteiger partial charge in [-0.3, -0.25) is 4.90 Å². The molecule has 0 aromatic carbocycles. The van der Waals surface area contributed by atoms with E-state index in [1.807, 2.05) is 6.07 Å². The lowest BCUT2D eigenvalue weighted by molar-refractivity contribution is 0.175. The quantitative estimate of drug-likeness (QED) is 0.779. The molecular weight excluding hydrogens is 278 g/mol. The van der Waals surface area contributed by atoms with Crippen molar-refractivity contribution >= 4 is 15.9 Å². The van der Waals surface area contributed by atoms with Crippen LogP contribution in [0.15, 0.2) is 22.8 Å². The van der Waals surface area contributed by atoms with Crippen LogP contribution in [0.1, 0.15) is 18.5 Å². The van der Waals surface area contributed by atoms with Crippen LogP contribution in [-0.4, -0.2) is 47.0 Å².